The molecule has 5 amide bonds. The maximum Gasteiger partial charge on any atom is 0.261 e. The van der Waals surface area contributed by atoms with Gasteiger partial charge >= 0.3 is 0 Å². The number of anilines is 1. The summed E-state index contributed by atoms with van der Waals surface area (Å²) in [6.45, 7) is 4.37. The molecule has 0 atom stereocenters. The standard InChI is InChI=1S/C44H49N5O8/c1-47-23-25-48(26-24-47)40(50)19-4-3-11-27-57-38-18-10-8-16-36(38)46-41(51)31-20-21-32(39(29-31)55-2)30-45-42(52)35-15-7-9-17-37(35)56-28-12-22-49-43(53)33-13-5-6-14-34(33)44(49)54/h5-10,13-18,20-21,29H,3-4,11-12,19,22-28,30H2,1-2H3,(H,45,52)(H,46,51). The SMILES string of the molecule is COc1cc(C(=O)Nc2ccccc2OCCCCCC(=O)N2CCN(C)CC2)ccc1CNC(=O)c1ccccc1OCCCN1C(=O)c2ccccc2C1=O. The van der Waals surface area contributed by atoms with Crippen molar-refractivity contribution in [2.45, 2.75) is 38.6 Å². The Bertz CT molecular complexity index is 2040. The van der Waals surface area contributed by atoms with E-state index >= 15 is 0 Å². The van der Waals surface area contributed by atoms with Crippen LogP contribution < -0.4 is 24.8 Å². The summed E-state index contributed by atoms with van der Waals surface area (Å²) in [6, 6.07) is 25.8. The van der Waals surface area contributed by atoms with Crippen LogP contribution in [0.25, 0.3) is 0 Å². The van der Waals surface area contributed by atoms with Crippen LogP contribution in [0.1, 0.15) is 79.1 Å². The molecule has 0 aliphatic carbocycles. The summed E-state index contributed by atoms with van der Waals surface area (Å²) in [5.74, 6) is 0.207. The third kappa shape index (κ3) is 10.4. The second-order valence-electron chi connectivity index (χ2n) is 14.0. The number of ether oxygens (including phenoxy) is 3. The first-order valence-electron chi connectivity index (χ1n) is 19.3. The number of piperazine rings is 1. The average Bonchev–Trinajstić information content (AvgIpc) is 3.48. The Balaban J connectivity index is 0.954. The number of fused-ring (bicyclic) bond motifs is 1. The summed E-state index contributed by atoms with van der Waals surface area (Å²) in [4.78, 5) is 69.9. The number of hydrogen-bond acceptors (Lipinski definition) is 9. The number of amides is 5. The number of likely N-dealkylation sites (N-methyl/N-ethyl adjacent to an activating group) is 1. The topological polar surface area (TPSA) is 147 Å². The molecule has 0 aromatic heterocycles. The lowest BCUT2D eigenvalue weighted by atomic mass is 10.1. The molecule has 2 aliphatic rings. The number of carbonyl (C=O) groups is 5. The molecule has 0 radical (unpaired) electrons. The summed E-state index contributed by atoms with van der Waals surface area (Å²) in [7, 11) is 3.57. The number of methoxy groups -OCH3 is 1. The Labute approximate surface area is 332 Å². The van der Waals surface area contributed by atoms with Crippen LogP contribution >= 0.6 is 0 Å². The van der Waals surface area contributed by atoms with Gasteiger partial charge in [0.1, 0.15) is 17.2 Å². The van der Waals surface area contributed by atoms with Crippen LogP contribution in [-0.2, 0) is 11.3 Å². The molecule has 57 heavy (non-hydrogen) atoms. The Kier molecular flexibility index (Phi) is 13.9. The molecular weight excluding hydrogens is 727 g/mol. The Morgan fingerprint density at radius 3 is 2.07 bits per heavy atom. The Morgan fingerprint density at radius 2 is 1.33 bits per heavy atom. The van der Waals surface area contributed by atoms with Crippen LogP contribution in [0.5, 0.6) is 17.2 Å². The summed E-state index contributed by atoms with van der Waals surface area (Å²) < 4.78 is 17.5. The number of imide groups is 1. The van der Waals surface area contributed by atoms with Crippen LogP contribution in [0.2, 0.25) is 0 Å². The molecule has 13 nitrogen and oxygen atoms in total. The van der Waals surface area contributed by atoms with E-state index in [-0.39, 0.29) is 49.2 Å². The molecule has 1 fully saturated rings. The van der Waals surface area contributed by atoms with Crippen LogP contribution in [0.15, 0.2) is 91.0 Å². The zero-order valence-electron chi connectivity index (χ0n) is 32.5. The fraction of sp³-hybridized carbons (Fsp3) is 0.341. The van der Waals surface area contributed by atoms with E-state index in [1.54, 1.807) is 78.9 Å². The van der Waals surface area contributed by atoms with Crippen molar-refractivity contribution in [2.24, 2.45) is 0 Å². The van der Waals surface area contributed by atoms with E-state index in [2.05, 4.69) is 22.6 Å². The van der Waals surface area contributed by atoms with Gasteiger partial charge in [-0.2, -0.15) is 0 Å². The summed E-state index contributed by atoms with van der Waals surface area (Å²) >= 11 is 0. The fourth-order valence-corrected chi connectivity index (χ4v) is 6.77. The number of carbonyl (C=O) groups excluding carboxylic acids is 5. The zero-order chi connectivity index (χ0) is 40.1. The van der Waals surface area contributed by atoms with Gasteiger partial charge in [-0.3, -0.25) is 28.9 Å². The molecule has 0 spiro atoms. The highest BCUT2D eigenvalue weighted by molar-refractivity contribution is 6.21. The van der Waals surface area contributed by atoms with Crippen molar-refractivity contribution < 1.29 is 38.2 Å². The summed E-state index contributed by atoms with van der Waals surface area (Å²) in [5, 5.41) is 5.84. The van der Waals surface area contributed by atoms with Crippen molar-refractivity contribution in [2.75, 3.05) is 65.4 Å². The van der Waals surface area contributed by atoms with Crippen molar-refractivity contribution in [3.05, 3.63) is 119 Å². The number of hydrogen-bond donors (Lipinski definition) is 2. The minimum atomic E-state index is -0.370. The summed E-state index contributed by atoms with van der Waals surface area (Å²) in [5.41, 5.74) is 2.69. The molecule has 4 aromatic rings. The van der Waals surface area contributed by atoms with Gasteiger partial charge in [0.15, 0.2) is 0 Å². The second kappa shape index (κ2) is 19.6. The first-order chi connectivity index (χ1) is 27.7. The van der Waals surface area contributed by atoms with Gasteiger partial charge in [0, 0.05) is 56.8 Å². The minimum absolute atomic E-state index is 0.124. The third-order valence-corrected chi connectivity index (χ3v) is 10.1. The fourth-order valence-electron chi connectivity index (χ4n) is 6.77. The van der Waals surface area contributed by atoms with E-state index in [0.29, 0.717) is 70.2 Å². The van der Waals surface area contributed by atoms with E-state index in [1.807, 2.05) is 17.0 Å². The smallest absolute Gasteiger partial charge is 0.261 e. The van der Waals surface area contributed by atoms with Crippen molar-refractivity contribution in [3.63, 3.8) is 0 Å². The highest BCUT2D eigenvalue weighted by Crippen LogP contribution is 2.27. The Hall–Kier alpha value is -6.21. The largest absolute Gasteiger partial charge is 0.496 e. The lowest BCUT2D eigenvalue weighted by molar-refractivity contribution is -0.132. The molecule has 13 heteroatoms. The average molecular weight is 776 g/mol. The van der Waals surface area contributed by atoms with Gasteiger partial charge in [-0.05, 0) is 81.3 Å². The Morgan fingerprint density at radius 1 is 0.684 bits per heavy atom. The number of rotatable bonds is 18. The van der Waals surface area contributed by atoms with Crippen molar-refractivity contribution in [1.82, 2.24) is 20.0 Å². The number of nitrogens with one attached hydrogen (secondary N) is 2. The zero-order valence-corrected chi connectivity index (χ0v) is 32.5. The molecule has 2 heterocycles. The molecule has 298 valence electrons. The van der Waals surface area contributed by atoms with E-state index in [9.17, 15) is 24.0 Å². The lowest BCUT2D eigenvalue weighted by Crippen LogP contribution is -2.47. The van der Waals surface area contributed by atoms with Crippen molar-refractivity contribution in [3.8, 4) is 17.2 Å². The van der Waals surface area contributed by atoms with Gasteiger partial charge < -0.3 is 34.6 Å². The van der Waals surface area contributed by atoms with E-state index in [4.69, 9.17) is 14.2 Å². The van der Waals surface area contributed by atoms with Gasteiger partial charge in [-0.15, -0.1) is 0 Å². The molecule has 0 saturated carbocycles. The van der Waals surface area contributed by atoms with Gasteiger partial charge in [0.05, 0.1) is 42.7 Å². The molecule has 2 aliphatic heterocycles. The highest BCUT2D eigenvalue weighted by Gasteiger charge is 2.34. The predicted molar refractivity (Wildman–Crippen MR) is 215 cm³/mol. The van der Waals surface area contributed by atoms with Crippen molar-refractivity contribution in [1.29, 1.82) is 0 Å². The van der Waals surface area contributed by atoms with E-state index in [0.717, 1.165) is 45.4 Å². The number of unbranched alkanes of at least 4 members (excludes halogenated alkanes) is 2. The highest BCUT2D eigenvalue weighted by atomic mass is 16.5. The quantitative estimate of drug-likeness (QED) is 0.0967. The van der Waals surface area contributed by atoms with Crippen LogP contribution in [-0.4, -0.2) is 104 Å². The van der Waals surface area contributed by atoms with Gasteiger partial charge in [-0.1, -0.05) is 42.5 Å². The number of nitrogens with zero attached hydrogens (tertiary/aromatic N) is 3. The maximum absolute atomic E-state index is 13.3. The van der Waals surface area contributed by atoms with Gasteiger partial charge in [-0.25, -0.2) is 0 Å². The van der Waals surface area contributed by atoms with Gasteiger partial charge in [0.25, 0.3) is 23.6 Å². The molecule has 6 rings (SSSR count). The molecule has 4 aromatic carbocycles. The van der Waals surface area contributed by atoms with E-state index in [1.165, 1.54) is 12.0 Å². The normalized spacial score (nSPS) is 13.9. The molecular formula is C44H49N5O8. The molecule has 0 unspecified atom stereocenters. The van der Waals surface area contributed by atoms with Crippen LogP contribution in [0, 0.1) is 0 Å². The monoisotopic (exact) mass is 775 g/mol. The van der Waals surface area contributed by atoms with Gasteiger partial charge in [0.2, 0.25) is 5.91 Å². The molecule has 2 N–H and O–H groups in total. The number of benzene rings is 4. The molecule has 0 bridgehead atoms. The van der Waals surface area contributed by atoms with E-state index < -0.39 is 0 Å². The van der Waals surface area contributed by atoms with Crippen molar-refractivity contribution >= 4 is 35.2 Å². The van der Waals surface area contributed by atoms with Crippen LogP contribution in [0.3, 0.4) is 0 Å². The third-order valence-electron chi connectivity index (χ3n) is 10.1. The maximum atomic E-state index is 13.3. The first-order valence-corrected chi connectivity index (χ1v) is 19.3. The van der Waals surface area contributed by atoms with Crippen LogP contribution in [0.4, 0.5) is 5.69 Å². The minimum Gasteiger partial charge on any atom is -0.496 e. The predicted octanol–water partition coefficient (Wildman–Crippen LogP) is 5.66. The first kappa shape index (κ1) is 40.5. The lowest BCUT2D eigenvalue weighted by Gasteiger charge is -2.32. The number of para-hydroxylation sites is 3. The summed E-state index contributed by atoms with van der Waals surface area (Å²) in [6.07, 6.45) is 3.39. The molecule has 1 saturated heterocycles. The second-order valence-corrected chi connectivity index (χ2v) is 14.0.